The highest BCUT2D eigenvalue weighted by molar-refractivity contribution is 5.97. The summed E-state index contributed by atoms with van der Waals surface area (Å²) in [6, 6.07) is 7.49. The van der Waals surface area contributed by atoms with Crippen molar-refractivity contribution in [3.05, 3.63) is 24.3 Å². The Bertz CT molecular complexity index is 514. The summed E-state index contributed by atoms with van der Waals surface area (Å²) in [4.78, 5) is 14.6. The van der Waals surface area contributed by atoms with Crippen LogP contribution in [0, 0.1) is 0 Å². The third kappa shape index (κ3) is 7.22. The van der Waals surface area contributed by atoms with Crippen molar-refractivity contribution in [1.82, 2.24) is 4.90 Å². The summed E-state index contributed by atoms with van der Waals surface area (Å²) in [5, 5.41) is 2.87. The molecule has 1 heterocycles. The van der Waals surface area contributed by atoms with Crippen molar-refractivity contribution in [1.29, 1.82) is 0 Å². The van der Waals surface area contributed by atoms with Gasteiger partial charge >= 0.3 is 0 Å². The fourth-order valence-corrected chi connectivity index (χ4v) is 3.02. The molecule has 3 N–H and O–H groups in total. The number of ether oxygens (including phenoxy) is 1. The van der Waals surface area contributed by atoms with Crippen molar-refractivity contribution < 1.29 is 9.53 Å². The number of benzene rings is 1. The molecule has 2 rings (SSSR count). The Kier molecular flexibility index (Phi) is 9.25. The highest BCUT2D eigenvalue weighted by Crippen LogP contribution is 2.18. The van der Waals surface area contributed by atoms with E-state index in [0.717, 1.165) is 24.4 Å². The monoisotopic (exact) mass is 369 g/mol. The topological polar surface area (TPSA) is 67.6 Å². The SMILES string of the molecule is CCCC(C)(N)C(=O)Nc1ccc(OCCN2CCCCC2)cc1.Cl. The molecule has 0 spiro atoms. The molecule has 1 atom stereocenters. The van der Waals surface area contributed by atoms with Crippen LogP contribution in [-0.4, -0.2) is 42.6 Å². The Balaban J connectivity index is 0.00000312. The highest BCUT2D eigenvalue weighted by atomic mass is 35.5. The van der Waals surface area contributed by atoms with Gasteiger partial charge in [-0.05, 0) is 63.5 Å². The van der Waals surface area contributed by atoms with E-state index in [1.165, 1.54) is 32.4 Å². The summed E-state index contributed by atoms with van der Waals surface area (Å²) in [6.45, 7) is 7.83. The number of carbonyl (C=O) groups excluding carboxylic acids is 1. The van der Waals surface area contributed by atoms with Crippen LogP contribution < -0.4 is 15.8 Å². The number of hydrogen-bond donors (Lipinski definition) is 2. The number of nitrogens with two attached hydrogens (primary N) is 1. The van der Waals surface area contributed by atoms with E-state index in [1.807, 2.05) is 31.2 Å². The lowest BCUT2D eigenvalue weighted by molar-refractivity contribution is -0.120. The molecule has 0 aliphatic carbocycles. The Morgan fingerprint density at radius 1 is 1.24 bits per heavy atom. The Hall–Kier alpha value is -1.30. The number of carbonyl (C=O) groups is 1. The van der Waals surface area contributed by atoms with Crippen LogP contribution in [0.5, 0.6) is 5.75 Å². The van der Waals surface area contributed by atoms with Gasteiger partial charge in [0.05, 0.1) is 5.54 Å². The molecule has 1 amide bonds. The van der Waals surface area contributed by atoms with E-state index in [4.69, 9.17) is 10.5 Å². The maximum atomic E-state index is 12.2. The second kappa shape index (κ2) is 10.6. The van der Waals surface area contributed by atoms with Crippen molar-refractivity contribution >= 4 is 24.0 Å². The van der Waals surface area contributed by atoms with Gasteiger partial charge in [0.25, 0.3) is 0 Å². The van der Waals surface area contributed by atoms with Crippen LogP contribution in [0.1, 0.15) is 46.0 Å². The van der Waals surface area contributed by atoms with E-state index in [2.05, 4.69) is 10.2 Å². The molecule has 25 heavy (non-hydrogen) atoms. The minimum Gasteiger partial charge on any atom is -0.492 e. The van der Waals surface area contributed by atoms with Crippen LogP contribution in [0.3, 0.4) is 0 Å². The van der Waals surface area contributed by atoms with Crippen LogP contribution in [0.25, 0.3) is 0 Å². The van der Waals surface area contributed by atoms with Gasteiger partial charge in [-0.15, -0.1) is 12.4 Å². The molecule has 1 aromatic rings. The minimum atomic E-state index is -0.835. The summed E-state index contributed by atoms with van der Waals surface area (Å²) >= 11 is 0. The minimum absolute atomic E-state index is 0. The van der Waals surface area contributed by atoms with Crippen LogP contribution >= 0.6 is 12.4 Å². The standard InChI is InChI=1S/C19H31N3O2.ClH/c1-3-11-19(2,20)18(23)21-16-7-9-17(10-8-16)24-15-14-22-12-5-4-6-13-22;/h7-10H,3-6,11-15,20H2,1-2H3,(H,21,23);1H. The molecular formula is C19H32ClN3O2. The second-order valence-corrected chi connectivity index (χ2v) is 6.90. The number of hydrogen-bond acceptors (Lipinski definition) is 4. The zero-order valence-corrected chi connectivity index (χ0v) is 16.2. The number of likely N-dealkylation sites (tertiary alicyclic amines) is 1. The van der Waals surface area contributed by atoms with Crippen LogP contribution in [0.2, 0.25) is 0 Å². The lowest BCUT2D eigenvalue weighted by atomic mass is 9.96. The summed E-state index contributed by atoms with van der Waals surface area (Å²) < 4.78 is 5.80. The van der Waals surface area contributed by atoms with Crippen LogP contribution in [-0.2, 0) is 4.79 Å². The molecule has 0 saturated carbocycles. The van der Waals surface area contributed by atoms with Gasteiger partial charge in [0.1, 0.15) is 12.4 Å². The molecule has 1 saturated heterocycles. The van der Waals surface area contributed by atoms with Gasteiger partial charge in [0, 0.05) is 12.2 Å². The molecule has 0 radical (unpaired) electrons. The summed E-state index contributed by atoms with van der Waals surface area (Å²) in [7, 11) is 0. The molecule has 0 bridgehead atoms. The lowest BCUT2D eigenvalue weighted by Gasteiger charge is -2.26. The zero-order valence-electron chi connectivity index (χ0n) is 15.4. The normalized spacial score (nSPS) is 17.2. The van der Waals surface area contributed by atoms with Crippen molar-refractivity contribution in [2.45, 2.75) is 51.5 Å². The predicted octanol–water partition coefficient (Wildman–Crippen LogP) is 3.43. The van der Waals surface area contributed by atoms with E-state index < -0.39 is 5.54 Å². The summed E-state index contributed by atoms with van der Waals surface area (Å²) in [5.74, 6) is 0.678. The molecule has 6 heteroatoms. The van der Waals surface area contributed by atoms with E-state index in [-0.39, 0.29) is 18.3 Å². The van der Waals surface area contributed by atoms with Gasteiger partial charge in [-0.1, -0.05) is 19.8 Å². The van der Waals surface area contributed by atoms with E-state index in [1.54, 1.807) is 6.92 Å². The zero-order chi connectivity index (χ0) is 17.4. The number of halogens is 1. The molecular weight excluding hydrogens is 338 g/mol. The molecule has 1 aromatic carbocycles. The van der Waals surface area contributed by atoms with Crippen molar-refractivity contribution in [3.63, 3.8) is 0 Å². The van der Waals surface area contributed by atoms with Crippen LogP contribution in [0.4, 0.5) is 5.69 Å². The van der Waals surface area contributed by atoms with Gasteiger partial charge in [-0.25, -0.2) is 0 Å². The summed E-state index contributed by atoms with van der Waals surface area (Å²) in [6.07, 6.45) is 5.49. The third-order valence-corrected chi connectivity index (χ3v) is 4.53. The van der Waals surface area contributed by atoms with Crippen molar-refractivity contribution in [2.24, 2.45) is 5.73 Å². The molecule has 142 valence electrons. The fourth-order valence-electron chi connectivity index (χ4n) is 3.02. The summed E-state index contributed by atoms with van der Waals surface area (Å²) in [5.41, 5.74) is 5.96. The van der Waals surface area contributed by atoms with Crippen molar-refractivity contribution in [2.75, 3.05) is 31.6 Å². The first-order valence-corrected chi connectivity index (χ1v) is 9.07. The molecule has 0 aromatic heterocycles. The number of amides is 1. The number of piperidine rings is 1. The van der Waals surface area contributed by atoms with Crippen molar-refractivity contribution in [3.8, 4) is 5.75 Å². The van der Waals surface area contributed by atoms with Gasteiger partial charge in [0.2, 0.25) is 5.91 Å². The molecule has 1 aliphatic rings. The van der Waals surface area contributed by atoms with Gasteiger partial charge in [-0.2, -0.15) is 0 Å². The highest BCUT2D eigenvalue weighted by Gasteiger charge is 2.27. The average molecular weight is 370 g/mol. The van der Waals surface area contributed by atoms with Gasteiger partial charge < -0.3 is 15.8 Å². The van der Waals surface area contributed by atoms with E-state index in [0.29, 0.717) is 13.0 Å². The first kappa shape index (κ1) is 21.7. The molecule has 1 unspecified atom stereocenters. The number of nitrogens with zero attached hydrogens (tertiary/aromatic N) is 1. The Morgan fingerprint density at radius 2 is 1.88 bits per heavy atom. The first-order chi connectivity index (χ1) is 11.5. The van der Waals surface area contributed by atoms with Gasteiger partial charge in [-0.3, -0.25) is 9.69 Å². The Labute approximate surface area is 157 Å². The van der Waals surface area contributed by atoms with Gasteiger partial charge in [0.15, 0.2) is 0 Å². The lowest BCUT2D eigenvalue weighted by Crippen LogP contribution is -2.48. The van der Waals surface area contributed by atoms with Crippen LogP contribution in [0.15, 0.2) is 24.3 Å². The maximum Gasteiger partial charge on any atom is 0.244 e. The maximum absolute atomic E-state index is 12.2. The average Bonchev–Trinajstić information content (AvgIpc) is 2.57. The number of nitrogens with one attached hydrogen (secondary N) is 1. The largest absolute Gasteiger partial charge is 0.492 e. The molecule has 1 aliphatic heterocycles. The Morgan fingerprint density at radius 3 is 2.48 bits per heavy atom. The number of anilines is 1. The molecule has 1 fully saturated rings. The third-order valence-electron chi connectivity index (χ3n) is 4.53. The smallest absolute Gasteiger partial charge is 0.244 e. The fraction of sp³-hybridized carbons (Fsp3) is 0.632. The molecule has 5 nitrogen and oxygen atoms in total. The first-order valence-electron chi connectivity index (χ1n) is 9.07. The van der Waals surface area contributed by atoms with E-state index in [9.17, 15) is 4.79 Å². The second-order valence-electron chi connectivity index (χ2n) is 6.90. The quantitative estimate of drug-likeness (QED) is 0.736. The number of rotatable bonds is 8. The van der Waals surface area contributed by atoms with E-state index >= 15 is 0 Å². The predicted molar refractivity (Wildman–Crippen MR) is 106 cm³/mol.